The Kier molecular flexibility index (Phi) is 3.98. The largest absolute Gasteiger partial charge is 0.445 e. The number of carbonyl (C=O) groups is 1. The third kappa shape index (κ3) is 3.46. The fraction of sp³-hybridized carbons (Fsp3) is 0.462. The predicted molar refractivity (Wildman–Crippen MR) is 65.4 cm³/mol. The highest BCUT2D eigenvalue weighted by Gasteiger charge is 2.25. The van der Waals surface area contributed by atoms with Crippen molar-refractivity contribution in [3.8, 4) is 0 Å². The number of rotatable bonds is 3. The molecular formula is C13H18N2O2. The van der Waals surface area contributed by atoms with Crippen LogP contribution in [0.4, 0.5) is 4.79 Å². The van der Waals surface area contributed by atoms with Gasteiger partial charge in [0.2, 0.25) is 0 Å². The summed E-state index contributed by atoms with van der Waals surface area (Å²) in [7, 11) is 0. The third-order valence-electron chi connectivity index (χ3n) is 3.09. The number of hydrogen-bond acceptors (Lipinski definition) is 3. The van der Waals surface area contributed by atoms with Crippen molar-refractivity contribution in [3.05, 3.63) is 35.9 Å². The normalized spacial score (nSPS) is 23.4. The van der Waals surface area contributed by atoms with Crippen LogP contribution >= 0.6 is 0 Å². The van der Waals surface area contributed by atoms with Gasteiger partial charge in [0.05, 0.1) is 0 Å². The fourth-order valence-electron chi connectivity index (χ4n) is 2.08. The predicted octanol–water partition coefficient (Wildman–Crippen LogP) is 1.79. The summed E-state index contributed by atoms with van der Waals surface area (Å²) >= 11 is 0. The summed E-state index contributed by atoms with van der Waals surface area (Å²) < 4.78 is 5.13. The molecule has 0 saturated heterocycles. The lowest BCUT2D eigenvalue weighted by molar-refractivity contribution is 0.135. The van der Waals surface area contributed by atoms with Gasteiger partial charge in [-0.05, 0) is 24.8 Å². The Morgan fingerprint density at radius 2 is 2.12 bits per heavy atom. The lowest BCUT2D eigenvalue weighted by Gasteiger charge is -2.16. The Morgan fingerprint density at radius 1 is 1.35 bits per heavy atom. The molecule has 3 N–H and O–H groups in total. The van der Waals surface area contributed by atoms with Crippen LogP contribution in [0.2, 0.25) is 0 Å². The van der Waals surface area contributed by atoms with E-state index >= 15 is 0 Å². The summed E-state index contributed by atoms with van der Waals surface area (Å²) in [6.45, 7) is 0.300. The molecular weight excluding hydrogens is 216 g/mol. The van der Waals surface area contributed by atoms with Crippen molar-refractivity contribution in [1.29, 1.82) is 0 Å². The van der Waals surface area contributed by atoms with E-state index in [0.717, 1.165) is 24.8 Å². The summed E-state index contributed by atoms with van der Waals surface area (Å²) in [6, 6.07) is 9.76. The maximum atomic E-state index is 11.5. The third-order valence-corrected chi connectivity index (χ3v) is 3.09. The van der Waals surface area contributed by atoms with Crippen LogP contribution in [0, 0.1) is 0 Å². The fourth-order valence-corrected chi connectivity index (χ4v) is 2.08. The summed E-state index contributed by atoms with van der Waals surface area (Å²) in [4.78, 5) is 11.5. The molecule has 1 fully saturated rings. The Bertz CT molecular complexity index is 367. The Hall–Kier alpha value is -1.55. The van der Waals surface area contributed by atoms with E-state index in [4.69, 9.17) is 10.5 Å². The second kappa shape index (κ2) is 5.68. The molecule has 1 aromatic rings. The van der Waals surface area contributed by atoms with E-state index in [2.05, 4.69) is 5.32 Å². The molecule has 0 spiro atoms. The monoisotopic (exact) mass is 234 g/mol. The molecule has 0 heterocycles. The average molecular weight is 234 g/mol. The number of amides is 1. The molecule has 4 heteroatoms. The number of alkyl carbamates (subject to hydrolysis) is 1. The standard InChI is InChI=1S/C13H18N2O2/c14-11-7-4-8-12(11)15-13(16)17-9-10-5-2-1-3-6-10/h1-3,5-6,11-12H,4,7-9,14H2,(H,15,16)/t11-,12-/m0/s1. The first-order chi connectivity index (χ1) is 8.25. The molecule has 0 radical (unpaired) electrons. The molecule has 17 heavy (non-hydrogen) atoms. The summed E-state index contributed by atoms with van der Waals surface area (Å²) in [5.41, 5.74) is 6.85. The first kappa shape index (κ1) is 11.9. The van der Waals surface area contributed by atoms with Crippen molar-refractivity contribution in [3.63, 3.8) is 0 Å². The molecule has 2 rings (SSSR count). The topological polar surface area (TPSA) is 64.3 Å². The summed E-state index contributed by atoms with van der Waals surface area (Å²) in [5, 5.41) is 2.81. The highest BCUT2D eigenvalue weighted by molar-refractivity contribution is 5.67. The quantitative estimate of drug-likeness (QED) is 0.838. The molecule has 4 nitrogen and oxygen atoms in total. The van der Waals surface area contributed by atoms with E-state index in [1.807, 2.05) is 30.3 Å². The first-order valence-electron chi connectivity index (χ1n) is 5.98. The number of carbonyl (C=O) groups excluding carboxylic acids is 1. The van der Waals surface area contributed by atoms with Gasteiger partial charge in [-0.3, -0.25) is 0 Å². The van der Waals surface area contributed by atoms with Crippen LogP contribution in [-0.2, 0) is 11.3 Å². The van der Waals surface area contributed by atoms with E-state index in [1.165, 1.54) is 0 Å². The van der Waals surface area contributed by atoms with Crippen LogP contribution in [0.25, 0.3) is 0 Å². The molecule has 0 bridgehead atoms. The van der Waals surface area contributed by atoms with Crippen LogP contribution in [0.15, 0.2) is 30.3 Å². The van der Waals surface area contributed by atoms with Crippen molar-refractivity contribution in [2.45, 2.75) is 38.0 Å². The van der Waals surface area contributed by atoms with E-state index in [0.29, 0.717) is 6.61 Å². The number of benzene rings is 1. The summed E-state index contributed by atoms with van der Waals surface area (Å²) in [6.07, 6.45) is 2.62. The Balaban J connectivity index is 1.74. The molecule has 0 aliphatic heterocycles. The number of nitrogens with one attached hydrogen (secondary N) is 1. The minimum absolute atomic E-state index is 0.0678. The molecule has 1 amide bonds. The minimum atomic E-state index is -0.379. The van der Waals surface area contributed by atoms with Crippen LogP contribution in [0.3, 0.4) is 0 Å². The minimum Gasteiger partial charge on any atom is -0.445 e. The van der Waals surface area contributed by atoms with Crippen LogP contribution in [0.1, 0.15) is 24.8 Å². The maximum Gasteiger partial charge on any atom is 0.407 e. The molecule has 92 valence electrons. The van der Waals surface area contributed by atoms with E-state index in [9.17, 15) is 4.79 Å². The zero-order chi connectivity index (χ0) is 12.1. The van der Waals surface area contributed by atoms with Gasteiger partial charge in [-0.2, -0.15) is 0 Å². The highest BCUT2D eigenvalue weighted by atomic mass is 16.5. The second-order valence-corrected chi connectivity index (χ2v) is 4.41. The molecule has 1 aliphatic carbocycles. The number of ether oxygens (including phenoxy) is 1. The molecule has 1 aliphatic rings. The second-order valence-electron chi connectivity index (χ2n) is 4.41. The Labute approximate surface area is 101 Å². The van der Waals surface area contributed by atoms with Gasteiger partial charge in [0.25, 0.3) is 0 Å². The lowest BCUT2D eigenvalue weighted by Crippen LogP contribution is -2.44. The van der Waals surface area contributed by atoms with Gasteiger partial charge in [0.1, 0.15) is 6.61 Å². The molecule has 2 atom stereocenters. The van der Waals surface area contributed by atoms with Gasteiger partial charge in [0, 0.05) is 12.1 Å². The number of hydrogen-bond donors (Lipinski definition) is 2. The molecule has 1 saturated carbocycles. The zero-order valence-corrected chi connectivity index (χ0v) is 9.76. The van der Waals surface area contributed by atoms with Crippen LogP contribution in [0.5, 0.6) is 0 Å². The van der Waals surface area contributed by atoms with Crippen molar-refractivity contribution in [2.75, 3.05) is 0 Å². The number of nitrogens with two attached hydrogens (primary N) is 1. The highest BCUT2D eigenvalue weighted by Crippen LogP contribution is 2.17. The van der Waals surface area contributed by atoms with Gasteiger partial charge in [0.15, 0.2) is 0 Å². The first-order valence-corrected chi connectivity index (χ1v) is 5.98. The van der Waals surface area contributed by atoms with Crippen LogP contribution < -0.4 is 11.1 Å². The van der Waals surface area contributed by atoms with Crippen molar-refractivity contribution < 1.29 is 9.53 Å². The van der Waals surface area contributed by atoms with Crippen molar-refractivity contribution in [1.82, 2.24) is 5.32 Å². The molecule has 0 aromatic heterocycles. The van der Waals surface area contributed by atoms with Gasteiger partial charge in [-0.25, -0.2) is 4.79 Å². The van der Waals surface area contributed by atoms with Crippen LogP contribution in [-0.4, -0.2) is 18.2 Å². The van der Waals surface area contributed by atoms with E-state index in [-0.39, 0.29) is 18.2 Å². The summed E-state index contributed by atoms with van der Waals surface area (Å²) in [5.74, 6) is 0. The van der Waals surface area contributed by atoms with Gasteiger partial charge in [-0.15, -0.1) is 0 Å². The smallest absolute Gasteiger partial charge is 0.407 e. The van der Waals surface area contributed by atoms with Crippen molar-refractivity contribution >= 4 is 6.09 Å². The molecule has 0 unspecified atom stereocenters. The average Bonchev–Trinajstić information content (AvgIpc) is 2.74. The van der Waals surface area contributed by atoms with Gasteiger partial charge >= 0.3 is 6.09 Å². The maximum absolute atomic E-state index is 11.5. The van der Waals surface area contributed by atoms with E-state index in [1.54, 1.807) is 0 Å². The van der Waals surface area contributed by atoms with E-state index < -0.39 is 0 Å². The van der Waals surface area contributed by atoms with Crippen molar-refractivity contribution in [2.24, 2.45) is 5.73 Å². The van der Waals surface area contributed by atoms with Gasteiger partial charge < -0.3 is 15.8 Å². The SMILES string of the molecule is N[C@H]1CCC[C@@H]1NC(=O)OCc1ccccc1. The molecule has 1 aromatic carbocycles. The Morgan fingerprint density at radius 3 is 2.76 bits per heavy atom. The lowest BCUT2D eigenvalue weighted by atomic mass is 10.2. The zero-order valence-electron chi connectivity index (χ0n) is 9.76. The van der Waals surface area contributed by atoms with Gasteiger partial charge in [-0.1, -0.05) is 30.3 Å².